The lowest BCUT2D eigenvalue weighted by molar-refractivity contribution is 0.108. The van der Waals surface area contributed by atoms with Gasteiger partial charge in [-0.25, -0.2) is 0 Å². The monoisotopic (exact) mass is 296 g/mol. The molecular formula is C20H28N2. The van der Waals surface area contributed by atoms with E-state index in [1.54, 1.807) is 0 Å². The van der Waals surface area contributed by atoms with Crippen molar-refractivity contribution in [2.75, 3.05) is 32.7 Å². The molecule has 0 N–H and O–H groups in total. The minimum Gasteiger partial charge on any atom is -0.300 e. The third-order valence-electron chi connectivity index (χ3n) is 6.03. The zero-order chi connectivity index (χ0) is 14.9. The quantitative estimate of drug-likeness (QED) is 0.786. The van der Waals surface area contributed by atoms with E-state index in [1.165, 1.54) is 56.7 Å². The smallest absolute Gasteiger partial charge is 0.0237 e. The Bertz CT molecular complexity index is 542. The van der Waals surface area contributed by atoms with Gasteiger partial charge >= 0.3 is 0 Å². The van der Waals surface area contributed by atoms with Gasteiger partial charge in [0, 0.05) is 39.3 Å². The van der Waals surface area contributed by atoms with Crippen molar-refractivity contribution in [3.63, 3.8) is 0 Å². The fourth-order valence-corrected chi connectivity index (χ4v) is 4.59. The molecule has 2 bridgehead atoms. The van der Waals surface area contributed by atoms with Gasteiger partial charge in [-0.2, -0.15) is 0 Å². The summed E-state index contributed by atoms with van der Waals surface area (Å²) in [7, 11) is 0. The van der Waals surface area contributed by atoms with Crippen molar-refractivity contribution in [1.82, 2.24) is 9.80 Å². The number of hydrogen-bond acceptors (Lipinski definition) is 2. The summed E-state index contributed by atoms with van der Waals surface area (Å²) in [6, 6.07) is 8.82. The Hall–Kier alpha value is -1.12. The van der Waals surface area contributed by atoms with Gasteiger partial charge < -0.3 is 4.90 Å². The number of piperazine rings is 1. The van der Waals surface area contributed by atoms with Gasteiger partial charge in [0.1, 0.15) is 0 Å². The summed E-state index contributed by atoms with van der Waals surface area (Å²) in [5.41, 5.74) is 2.92. The van der Waals surface area contributed by atoms with E-state index in [1.807, 2.05) is 0 Å². The van der Waals surface area contributed by atoms with Crippen molar-refractivity contribution in [3.05, 3.63) is 47.5 Å². The molecule has 1 aromatic carbocycles. The second-order valence-corrected chi connectivity index (χ2v) is 7.54. The lowest BCUT2D eigenvalue weighted by Crippen LogP contribution is -2.47. The van der Waals surface area contributed by atoms with Crippen LogP contribution in [0.1, 0.15) is 24.0 Å². The van der Waals surface area contributed by atoms with Crippen LogP contribution in [-0.4, -0.2) is 42.5 Å². The maximum absolute atomic E-state index is 2.72. The molecule has 2 aliphatic carbocycles. The largest absolute Gasteiger partial charge is 0.300 e. The molecule has 0 radical (unpaired) electrons. The van der Waals surface area contributed by atoms with Crippen LogP contribution in [0.2, 0.25) is 0 Å². The van der Waals surface area contributed by atoms with Gasteiger partial charge in [-0.3, -0.25) is 4.90 Å². The van der Waals surface area contributed by atoms with Gasteiger partial charge in [-0.15, -0.1) is 0 Å². The number of nitrogens with zero attached hydrogens (tertiary/aromatic N) is 2. The Morgan fingerprint density at radius 1 is 0.955 bits per heavy atom. The Morgan fingerprint density at radius 3 is 2.41 bits per heavy atom. The molecule has 0 amide bonds. The second-order valence-electron chi connectivity index (χ2n) is 7.54. The molecule has 2 fully saturated rings. The molecule has 4 rings (SSSR count). The molecule has 3 atom stereocenters. The molecule has 2 nitrogen and oxygen atoms in total. The molecule has 118 valence electrons. The first kappa shape index (κ1) is 14.5. The van der Waals surface area contributed by atoms with Crippen LogP contribution in [0, 0.1) is 24.7 Å². The van der Waals surface area contributed by atoms with Gasteiger partial charge in [0.15, 0.2) is 0 Å². The van der Waals surface area contributed by atoms with Crippen molar-refractivity contribution < 1.29 is 0 Å². The summed E-state index contributed by atoms with van der Waals surface area (Å²) in [4.78, 5) is 5.34. The molecular weight excluding hydrogens is 268 g/mol. The summed E-state index contributed by atoms with van der Waals surface area (Å²) in [6.45, 7) is 9.65. The fraction of sp³-hybridized carbons (Fsp3) is 0.600. The molecule has 22 heavy (non-hydrogen) atoms. The summed E-state index contributed by atoms with van der Waals surface area (Å²) >= 11 is 0. The third kappa shape index (κ3) is 3.00. The van der Waals surface area contributed by atoms with Crippen molar-refractivity contribution >= 4 is 0 Å². The van der Waals surface area contributed by atoms with E-state index in [4.69, 9.17) is 0 Å². The zero-order valence-corrected chi connectivity index (χ0v) is 13.7. The number of fused-ring (bicyclic) bond motifs is 2. The van der Waals surface area contributed by atoms with E-state index in [9.17, 15) is 0 Å². The molecule has 1 saturated heterocycles. The van der Waals surface area contributed by atoms with Crippen molar-refractivity contribution in [1.29, 1.82) is 0 Å². The van der Waals surface area contributed by atoms with Crippen LogP contribution in [0.25, 0.3) is 0 Å². The Balaban J connectivity index is 1.26. The molecule has 0 unspecified atom stereocenters. The topological polar surface area (TPSA) is 6.48 Å². The molecule has 2 heteroatoms. The van der Waals surface area contributed by atoms with Crippen LogP contribution in [0.3, 0.4) is 0 Å². The Labute approximate surface area is 134 Å². The average molecular weight is 296 g/mol. The van der Waals surface area contributed by atoms with E-state index in [2.05, 4.69) is 53.1 Å². The molecule has 0 aromatic heterocycles. The zero-order valence-electron chi connectivity index (χ0n) is 13.7. The molecule has 1 heterocycles. The highest BCUT2D eigenvalue weighted by atomic mass is 15.3. The lowest BCUT2D eigenvalue weighted by Gasteiger charge is -2.37. The molecule has 1 aliphatic heterocycles. The molecule has 1 aromatic rings. The molecule has 3 aliphatic rings. The number of allylic oxidation sites excluding steroid dienone is 2. The van der Waals surface area contributed by atoms with Crippen LogP contribution in [0.5, 0.6) is 0 Å². The van der Waals surface area contributed by atoms with Crippen molar-refractivity contribution in [3.8, 4) is 0 Å². The maximum atomic E-state index is 2.72. The van der Waals surface area contributed by atoms with Crippen LogP contribution >= 0.6 is 0 Å². The predicted molar refractivity (Wildman–Crippen MR) is 91.7 cm³/mol. The maximum Gasteiger partial charge on any atom is 0.0237 e. The predicted octanol–water partition coefficient (Wildman–Crippen LogP) is 3.32. The summed E-state index contributed by atoms with van der Waals surface area (Å²) in [6.07, 6.45) is 7.84. The van der Waals surface area contributed by atoms with Gasteiger partial charge in [0.2, 0.25) is 0 Å². The van der Waals surface area contributed by atoms with Crippen LogP contribution < -0.4 is 0 Å². The van der Waals surface area contributed by atoms with Crippen LogP contribution in [-0.2, 0) is 6.54 Å². The van der Waals surface area contributed by atoms with Crippen LogP contribution in [0.4, 0.5) is 0 Å². The third-order valence-corrected chi connectivity index (χ3v) is 6.03. The van der Waals surface area contributed by atoms with E-state index >= 15 is 0 Å². The number of rotatable bonds is 4. The van der Waals surface area contributed by atoms with Gasteiger partial charge in [0.25, 0.3) is 0 Å². The van der Waals surface area contributed by atoms with Crippen LogP contribution in [0.15, 0.2) is 36.4 Å². The van der Waals surface area contributed by atoms with E-state index in [0.717, 1.165) is 24.3 Å². The van der Waals surface area contributed by atoms with Crippen molar-refractivity contribution in [2.45, 2.75) is 26.3 Å². The second kappa shape index (κ2) is 6.17. The Morgan fingerprint density at radius 2 is 1.73 bits per heavy atom. The summed E-state index contributed by atoms with van der Waals surface area (Å²) in [5.74, 6) is 2.75. The van der Waals surface area contributed by atoms with Gasteiger partial charge in [0.05, 0.1) is 0 Å². The van der Waals surface area contributed by atoms with E-state index in [-0.39, 0.29) is 0 Å². The first-order chi connectivity index (χ1) is 10.8. The van der Waals surface area contributed by atoms with Crippen molar-refractivity contribution in [2.24, 2.45) is 17.8 Å². The first-order valence-electron chi connectivity index (χ1n) is 8.95. The highest BCUT2D eigenvalue weighted by Crippen LogP contribution is 2.43. The standard InChI is InChI=1S/C20H28N2/c1-16-4-2-3-5-19(16)14-21-8-10-22(11-9-21)15-20-13-17-6-7-18(20)12-17/h2-7,17-18,20H,8-15H2,1H3/t17-,18+,20+/m0/s1. The number of benzene rings is 1. The minimum atomic E-state index is 0.898. The van der Waals surface area contributed by atoms with Gasteiger partial charge in [-0.05, 0) is 48.6 Å². The number of hydrogen-bond donors (Lipinski definition) is 0. The Kier molecular flexibility index (Phi) is 4.06. The fourth-order valence-electron chi connectivity index (χ4n) is 4.59. The average Bonchev–Trinajstić information content (AvgIpc) is 3.14. The van der Waals surface area contributed by atoms with E-state index < -0.39 is 0 Å². The normalized spacial score (nSPS) is 32.0. The van der Waals surface area contributed by atoms with E-state index in [0.29, 0.717) is 0 Å². The highest BCUT2D eigenvalue weighted by molar-refractivity contribution is 5.25. The minimum absolute atomic E-state index is 0.898. The van der Waals surface area contributed by atoms with Gasteiger partial charge in [-0.1, -0.05) is 36.4 Å². The first-order valence-corrected chi connectivity index (χ1v) is 8.95. The summed E-state index contributed by atoms with van der Waals surface area (Å²) in [5, 5.41) is 0. The number of aryl methyl sites for hydroxylation is 1. The SMILES string of the molecule is Cc1ccccc1CN1CCN(C[C@H]2C[C@H]3C=C[C@@H]2C3)CC1. The highest BCUT2D eigenvalue weighted by Gasteiger charge is 2.36. The summed E-state index contributed by atoms with van der Waals surface area (Å²) < 4.78 is 0. The molecule has 0 spiro atoms. The lowest BCUT2D eigenvalue weighted by atomic mass is 9.93. The molecule has 1 saturated carbocycles.